The second-order valence-corrected chi connectivity index (χ2v) is 8.20. The van der Waals surface area contributed by atoms with Gasteiger partial charge in [-0.25, -0.2) is 9.37 Å². The quantitative estimate of drug-likeness (QED) is 0.867. The predicted octanol–water partition coefficient (Wildman–Crippen LogP) is 2.80. The number of aromatic nitrogens is 1. The van der Waals surface area contributed by atoms with E-state index in [2.05, 4.69) is 10.3 Å². The minimum atomic E-state index is -0.470. The van der Waals surface area contributed by atoms with Gasteiger partial charge in [0.2, 0.25) is 5.91 Å². The van der Waals surface area contributed by atoms with Crippen molar-refractivity contribution in [2.45, 2.75) is 38.3 Å². The number of nitrogens with zero attached hydrogens (tertiary/aromatic N) is 3. The summed E-state index contributed by atoms with van der Waals surface area (Å²) < 4.78 is 13.7. The first-order valence-electron chi connectivity index (χ1n) is 9.83. The number of rotatable bonds is 3. The highest BCUT2D eigenvalue weighted by atomic mass is 19.1. The summed E-state index contributed by atoms with van der Waals surface area (Å²) in [5.41, 5.74) is 1.86. The lowest BCUT2D eigenvalue weighted by Gasteiger charge is -2.25. The normalized spacial score (nSPS) is 22.9. The summed E-state index contributed by atoms with van der Waals surface area (Å²) >= 11 is 0. The van der Waals surface area contributed by atoms with Gasteiger partial charge >= 0.3 is 0 Å². The largest absolute Gasteiger partial charge is 0.360 e. The van der Waals surface area contributed by atoms with E-state index in [1.165, 1.54) is 19.1 Å². The molecule has 0 bridgehead atoms. The number of carbonyl (C=O) groups excluding carboxylic acids is 2. The number of carbonyl (C=O) groups is 2. The zero-order valence-electron chi connectivity index (χ0n) is 16.9. The topological polar surface area (TPSA) is 65.5 Å². The molecule has 0 spiro atoms. The molecule has 0 radical (unpaired) electrons. The first-order valence-corrected chi connectivity index (χ1v) is 9.83. The third-order valence-electron chi connectivity index (χ3n) is 6.11. The molecule has 1 saturated heterocycles. The van der Waals surface area contributed by atoms with Crippen LogP contribution in [-0.4, -0.2) is 52.8 Å². The molecule has 29 heavy (non-hydrogen) atoms. The minimum Gasteiger partial charge on any atom is -0.360 e. The average Bonchev–Trinajstić information content (AvgIpc) is 3.31. The van der Waals surface area contributed by atoms with E-state index in [0.29, 0.717) is 25.1 Å². The third-order valence-corrected chi connectivity index (χ3v) is 6.11. The molecule has 0 aliphatic carbocycles. The maximum absolute atomic E-state index is 13.7. The Kier molecular flexibility index (Phi) is 4.76. The number of halogens is 1. The van der Waals surface area contributed by atoms with Crippen molar-refractivity contribution in [1.82, 2.24) is 14.8 Å². The molecule has 2 aliphatic heterocycles. The molecule has 1 aromatic carbocycles. The van der Waals surface area contributed by atoms with E-state index in [4.69, 9.17) is 0 Å². The Balaban J connectivity index is 1.51. The summed E-state index contributed by atoms with van der Waals surface area (Å²) in [5.74, 6) is 0.388. The zero-order chi connectivity index (χ0) is 20.8. The highest BCUT2D eigenvalue weighted by Crippen LogP contribution is 2.38. The number of fused-ring (bicyclic) bond motifs is 1. The van der Waals surface area contributed by atoms with Crippen LogP contribution < -0.4 is 5.32 Å². The van der Waals surface area contributed by atoms with Crippen molar-refractivity contribution in [3.05, 3.63) is 59.0 Å². The van der Waals surface area contributed by atoms with Crippen molar-refractivity contribution >= 4 is 17.6 Å². The number of hydrogen-bond donors (Lipinski definition) is 1. The van der Waals surface area contributed by atoms with Gasteiger partial charge in [-0.05, 0) is 42.7 Å². The standard InChI is InChI=1S/C22H25FN4O2/c1-14(28)26(3)19-7-8-27(13-19)21(29)16-9-15-11-22(2,25-20(15)24-12-16)17-5-4-6-18(23)10-17/h4-6,9-10,12,19H,7-8,11,13H2,1-3H3,(H,24,25)/t19-,22+/m0/s1. The fourth-order valence-electron chi connectivity index (χ4n) is 4.25. The lowest BCUT2D eigenvalue weighted by atomic mass is 9.89. The lowest BCUT2D eigenvalue weighted by molar-refractivity contribution is -0.129. The van der Waals surface area contributed by atoms with Gasteiger partial charge in [-0.1, -0.05) is 12.1 Å². The molecule has 7 heteroatoms. The third kappa shape index (κ3) is 3.57. The summed E-state index contributed by atoms with van der Waals surface area (Å²) in [7, 11) is 1.77. The number of benzene rings is 1. The first-order chi connectivity index (χ1) is 13.8. The van der Waals surface area contributed by atoms with E-state index in [1.807, 2.05) is 19.1 Å². The van der Waals surface area contributed by atoms with E-state index in [-0.39, 0.29) is 23.7 Å². The summed E-state index contributed by atoms with van der Waals surface area (Å²) in [5, 5.41) is 3.38. The SMILES string of the molecule is CC(=O)N(C)[C@H]1CCN(C(=O)c2cnc3c(c2)C[C@](C)(c2cccc(F)c2)N3)C1. The van der Waals surface area contributed by atoms with Crippen LogP contribution in [0.4, 0.5) is 10.2 Å². The van der Waals surface area contributed by atoms with E-state index < -0.39 is 5.54 Å². The zero-order valence-corrected chi connectivity index (χ0v) is 16.9. The molecule has 2 atom stereocenters. The van der Waals surface area contributed by atoms with Crippen LogP contribution in [0.3, 0.4) is 0 Å². The van der Waals surface area contributed by atoms with Crippen LogP contribution in [0.2, 0.25) is 0 Å². The Hall–Kier alpha value is -2.96. The van der Waals surface area contributed by atoms with Gasteiger partial charge in [-0.2, -0.15) is 0 Å². The van der Waals surface area contributed by atoms with Crippen molar-refractivity contribution in [2.75, 3.05) is 25.5 Å². The summed E-state index contributed by atoms with van der Waals surface area (Å²) in [6, 6.07) is 8.48. The molecule has 4 rings (SSSR count). The van der Waals surface area contributed by atoms with Crippen LogP contribution in [0.5, 0.6) is 0 Å². The van der Waals surface area contributed by atoms with Crippen molar-refractivity contribution < 1.29 is 14.0 Å². The van der Waals surface area contributed by atoms with Gasteiger partial charge in [-0.15, -0.1) is 0 Å². The fraction of sp³-hybridized carbons (Fsp3) is 0.409. The van der Waals surface area contributed by atoms with Gasteiger partial charge in [0.1, 0.15) is 11.6 Å². The van der Waals surface area contributed by atoms with Crippen molar-refractivity contribution in [1.29, 1.82) is 0 Å². The monoisotopic (exact) mass is 396 g/mol. The molecule has 152 valence electrons. The van der Waals surface area contributed by atoms with Gasteiger partial charge in [0.25, 0.3) is 5.91 Å². The Bertz CT molecular complexity index is 979. The first kappa shape index (κ1) is 19.4. The molecular weight excluding hydrogens is 371 g/mol. The molecule has 1 N–H and O–H groups in total. The molecule has 0 unspecified atom stereocenters. The second-order valence-electron chi connectivity index (χ2n) is 8.20. The van der Waals surface area contributed by atoms with Gasteiger partial charge in [-0.3, -0.25) is 9.59 Å². The molecule has 0 saturated carbocycles. The Morgan fingerprint density at radius 3 is 2.86 bits per heavy atom. The summed E-state index contributed by atoms with van der Waals surface area (Å²) in [4.78, 5) is 32.5. The molecule has 6 nitrogen and oxygen atoms in total. The minimum absolute atomic E-state index is 0.00575. The van der Waals surface area contributed by atoms with Crippen LogP contribution in [0.25, 0.3) is 0 Å². The molecular formula is C22H25FN4O2. The van der Waals surface area contributed by atoms with Crippen LogP contribution >= 0.6 is 0 Å². The Morgan fingerprint density at radius 1 is 1.34 bits per heavy atom. The van der Waals surface area contributed by atoms with Gasteiger partial charge < -0.3 is 15.1 Å². The maximum Gasteiger partial charge on any atom is 0.255 e. The van der Waals surface area contributed by atoms with Crippen LogP contribution in [-0.2, 0) is 16.8 Å². The number of hydrogen-bond acceptors (Lipinski definition) is 4. The van der Waals surface area contributed by atoms with Crippen molar-refractivity contribution in [2.24, 2.45) is 0 Å². The average molecular weight is 396 g/mol. The van der Waals surface area contributed by atoms with E-state index in [1.54, 1.807) is 29.1 Å². The maximum atomic E-state index is 13.7. The van der Waals surface area contributed by atoms with Gasteiger partial charge in [0.05, 0.1) is 17.1 Å². The number of anilines is 1. The predicted molar refractivity (Wildman–Crippen MR) is 108 cm³/mol. The molecule has 1 fully saturated rings. The van der Waals surface area contributed by atoms with Crippen LogP contribution in [0.1, 0.15) is 41.8 Å². The Labute approximate surface area is 169 Å². The highest BCUT2D eigenvalue weighted by molar-refractivity contribution is 5.95. The molecule has 2 aliphatic rings. The number of amides is 2. The molecule has 1 aromatic heterocycles. The molecule has 2 aromatic rings. The van der Waals surface area contributed by atoms with Gasteiger partial charge in [0.15, 0.2) is 0 Å². The number of pyridine rings is 1. The van der Waals surface area contributed by atoms with Gasteiger partial charge in [0, 0.05) is 39.7 Å². The molecule has 2 amide bonds. The summed E-state index contributed by atoms with van der Waals surface area (Å²) in [6.45, 7) is 4.70. The Morgan fingerprint density at radius 2 is 2.14 bits per heavy atom. The van der Waals surface area contributed by atoms with Crippen LogP contribution in [0, 0.1) is 5.82 Å². The smallest absolute Gasteiger partial charge is 0.255 e. The van der Waals surface area contributed by atoms with E-state index in [0.717, 1.165) is 23.4 Å². The number of likely N-dealkylation sites (tertiary alicyclic amines) is 1. The van der Waals surface area contributed by atoms with E-state index in [9.17, 15) is 14.0 Å². The highest BCUT2D eigenvalue weighted by Gasteiger charge is 2.36. The fourth-order valence-corrected chi connectivity index (χ4v) is 4.25. The number of likely N-dealkylation sites (N-methyl/N-ethyl adjacent to an activating group) is 1. The second kappa shape index (κ2) is 7.13. The van der Waals surface area contributed by atoms with Crippen LogP contribution in [0.15, 0.2) is 36.5 Å². The molecule has 3 heterocycles. The number of nitrogens with one attached hydrogen (secondary N) is 1. The van der Waals surface area contributed by atoms with Crippen molar-refractivity contribution in [3.8, 4) is 0 Å². The summed E-state index contributed by atoms with van der Waals surface area (Å²) in [6.07, 6.45) is 2.99. The lowest BCUT2D eigenvalue weighted by Crippen LogP contribution is -2.38. The van der Waals surface area contributed by atoms with E-state index >= 15 is 0 Å². The van der Waals surface area contributed by atoms with Crippen molar-refractivity contribution in [3.63, 3.8) is 0 Å².